The summed E-state index contributed by atoms with van der Waals surface area (Å²) in [5, 5.41) is 10.3. The molecule has 0 radical (unpaired) electrons. The van der Waals surface area contributed by atoms with Crippen LogP contribution in [0.4, 0.5) is 0 Å². The zero-order valence-electron chi connectivity index (χ0n) is 15.8. The molecule has 7 heteroatoms. The number of ether oxygens (including phenoxy) is 2. The van der Waals surface area contributed by atoms with Gasteiger partial charge in [-0.2, -0.15) is 0 Å². The Morgan fingerprint density at radius 2 is 1.93 bits per heavy atom. The highest BCUT2D eigenvalue weighted by Crippen LogP contribution is 2.28. The SMILES string of the molecule is C=CCn1c(SCc2ccc(Cl)cc2)nnc1C(C)Oc1cccc(OC)c1. The number of nitrogens with zero attached hydrogens (tertiary/aromatic N) is 3. The lowest BCUT2D eigenvalue weighted by Crippen LogP contribution is -2.12. The van der Waals surface area contributed by atoms with Crippen LogP contribution in [0, 0.1) is 0 Å². The van der Waals surface area contributed by atoms with E-state index in [-0.39, 0.29) is 6.10 Å². The van der Waals surface area contributed by atoms with E-state index in [1.54, 1.807) is 18.9 Å². The van der Waals surface area contributed by atoms with Gasteiger partial charge in [-0.25, -0.2) is 0 Å². The van der Waals surface area contributed by atoms with Crippen LogP contribution < -0.4 is 9.47 Å². The van der Waals surface area contributed by atoms with Crippen molar-refractivity contribution in [3.05, 3.63) is 77.6 Å². The molecule has 0 saturated carbocycles. The van der Waals surface area contributed by atoms with Crippen LogP contribution in [-0.4, -0.2) is 21.9 Å². The molecule has 0 fully saturated rings. The molecule has 0 aliphatic rings. The quantitative estimate of drug-likeness (QED) is 0.338. The summed E-state index contributed by atoms with van der Waals surface area (Å²) in [5.74, 6) is 2.99. The van der Waals surface area contributed by atoms with Crippen LogP contribution in [-0.2, 0) is 12.3 Å². The average Bonchev–Trinajstić information content (AvgIpc) is 3.11. The Morgan fingerprint density at radius 1 is 1.18 bits per heavy atom. The van der Waals surface area contributed by atoms with E-state index < -0.39 is 0 Å². The van der Waals surface area contributed by atoms with E-state index in [0.717, 1.165) is 33.3 Å². The summed E-state index contributed by atoms with van der Waals surface area (Å²) in [7, 11) is 1.63. The highest BCUT2D eigenvalue weighted by atomic mass is 35.5. The number of hydrogen-bond donors (Lipinski definition) is 0. The lowest BCUT2D eigenvalue weighted by molar-refractivity contribution is 0.209. The van der Waals surface area contributed by atoms with Crippen molar-refractivity contribution in [3.8, 4) is 11.5 Å². The van der Waals surface area contributed by atoms with E-state index in [1.807, 2.05) is 66.1 Å². The van der Waals surface area contributed by atoms with Crippen LogP contribution >= 0.6 is 23.4 Å². The Morgan fingerprint density at radius 3 is 2.64 bits per heavy atom. The third-order valence-corrected chi connectivity index (χ3v) is 5.35. The Bertz CT molecular complexity index is 928. The Hall–Kier alpha value is -2.44. The minimum atomic E-state index is -0.274. The van der Waals surface area contributed by atoms with Crippen molar-refractivity contribution in [2.45, 2.75) is 30.5 Å². The van der Waals surface area contributed by atoms with Crippen molar-refractivity contribution in [1.82, 2.24) is 14.8 Å². The fraction of sp³-hybridized carbons (Fsp3) is 0.238. The predicted molar refractivity (Wildman–Crippen MR) is 113 cm³/mol. The van der Waals surface area contributed by atoms with Crippen molar-refractivity contribution >= 4 is 23.4 Å². The van der Waals surface area contributed by atoms with Crippen LogP contribution in [0.5, 0.6) is 11.5 Å². The van der Waals surface area contributed by atoms with E-state index >= 15 is 0 Å². The van der Waals surface area contributed by atoms with E-state index in [4.69, 9.17) is 21.1 Å². The molecule has 5 nitrogen and oxygen atoms in total. The fourth-order valence-electron chi connectivity index (χ4n) is 2.67. The molecule has 28 heavy (non-hydrogen) atoms. The standard InChI is InChI=1S/C21H22ClN3O2S/c1-4-12-25-20(15(2)27-19-7-5-6-18(13-19)26-3)23-24-21(25)28-14-16-8-10-17(22)11-9-16/h4-11,13,15H,1,12,14H2,2-3H3. The van der Waals surface area contributed by atoms with Gasteiger partial charge in [-0.3, -0.25) is 4.57 Å². The van der Waals surface area contributed by atoms with Crippen LogP contribution in [0.15, 0.2) is 66.3 Å². The fourth-order valence-corrected chi connectivity index (χ4v) is 3.70. The maximum absolute atomic E-state index is 6.06. The summed E-state index contributed by atoms with van der Waals surface area (Å²) in [6, 6.07) is 15.3. The first-order chi connectivity index (χ1) is 13.6. The minimum Gasteiger partial charge on any atom is -0.497 e. The normalized spacial score (nSPS) is 11.8. The largest absolute Gasteiger partial charge is 0.497 e. The summed E-state index contributed by atoms with van der Waals surface area (Å²) >= 11 is 7.57. The molecule has 1 heterocycles. The first-order valence-corrected chi connectivity index (χ1v) is 10.2. The molecule has 0 aliphatic heterocycles. The second kappa shape index (κ2) is 9.66. The van der Waals surface area contributed by atoms with Gasteiger partial charge >= 0.3 is 0 Å². The molecule has 3 rings (SSSR count). The molecule has 0 bridgehead atoms. The number of aromatic nitrogens is 3. The van der Waals surface area contributed by atoms with E-state index in [9.17, 15) is 0 Å². The highest BCUT2D eigenvalue weighted by Gasteiger charge is 2.19. The van der Waals surface area contributed by atoms with Crippen molar-refractivity contribution in [2.75, 3.05) is 7.11 Å². The van der Waals surface area contributed by atoms with Gasteiger partial charge in [-0.05, 0) is 36.8 Å². The number of allylic oxidation sites excluding steroid dienone is 1. The number of hydrogen-bond acceptors (Lipinski definition) is 5. The molecular formula is C21H22ClN3O2S. The second-order valence-electron chi connectivity index (χ2n) is 6.09. The van der Waals surface area contributed by atoms with E-state index in [0.29, 0.717) is 6.54 Å². The molecule has 2 aromatic carbocycles. The number of methoxy groups -OCH3 is 1. The summed E-state index contributed by atoms with van der Waals surface area (Å²) in [5.41, 5.74) is 1.17. The third-order valence-electron chi connectivity index (χ3n) is 4.06. The monoisotopic (exact) mass is 415 g/mol. The first kappa shape index (κ1) is 20.3. The van der Waals surface area contributed by atoms with Crippen molar-refractivity contribution in [2.24, 2.45) is 0 Å². The lowest BCUT2D eigenvalue weighted by atomic mass is 10.2. The Kier molecular flexibility index (Phi) is 7.01. The predicted octanol–water partition coefficient (Wildman–Crippen LogP) is 5.56. The molecular weight excluding hydrogens is 394 g/mol. The van der Waals surface area contributed by atoms with Gasteiger partial charge in [0.15, 0.2) is 17.1 Å². The smallest absolute Gasteiger partial charge is 0.191 e. The highest BCUT2D eigenvalue weighted by molar-refractivity contribution is 7.98. The van der Waals surface area contributed by atoms with Crippen LogP contribution in [0.1, 0.15) is 24.4 Å². The van der Waals surface area contributed by atoms with Gasteiger partial charge in [-0.1, -0.05) is 47.6 Å². The first-order valence-electron chi connectivity index (χ1n) is 8.82. The van der Waals surface area contributed by atoms with E-state index in [2.05, 4.69) is 16.8 Å². The molecule has 3 aromatic rings. The minimum absolute atomic E-state index is 0.274. The Balaban J connectivity index is 1.75. The number of rotatable bonds is 9. The molecule has 0 spiro atoms. The van der Waals surface area contributed by atoms with Gasteiger partial charge in [0.2, 0.25) is 0 Å². The summed E-state index contributed by atoms with van der Waals surface area (Å²) in [6.07, 6.45) is 1.56. The maximum Gasteiger partial charge on any atom is 0.191 e. The molecule has 0 saturated heterocycles. The summed E-state index contributed by atoms with van der Waals surface area (Å²) in [6.45, 7) is 6.42. The van der Waals surface area contributed by atoms with Gasteiger partial charge < -0.3 is 9.47 Å². The number of halogens is 1. The Labute approximate surface area is 174 Å². The van der Waals surface area contributed by atoms with Gasteiger partial charge in [0.1, 0.15) is 11.5 Å². The lowest BCUT2D eigenvalue weighted by Gasteiger charge is -2.16. The molecule has 1 unspecified atom stereocenters. The van der Waals surface area contributed by atoms with Crippen molar-refractivity contribution in [3.63, 3.8) is 0 Å². The third kappa shape index (κ3) is 5.09. The molecule has 0 aliphatic carbocycles. The molecule has 146 valence electrons. The van der Waals surface area contributed by atoms with Gasteiger partial charge in [0.25, 0.3) is 0 Å². The van der Waals surface area contributed by atoms with Crippen LogP contribution in [0.25, 0.3) is 0 Å². The van der Waals surface area contributed by atoms with Gasteiger partial charge in [0, 0.05) is 23.4 Å². The van der Waals surface area contributed by atoms with Crippen LogP contribution in [0.3, 0.4) is 0 Å². The number of thioether (sulfide) groups is 1. The number of benzene rings is 2. The molecule has 0 N–H and O–H groups in total. The van der Waals surface area contributed by atoms with E-state index in [1.165, 1.54) is 5.56 Å². The zero-order chi connectivity index (χ0) is 19.9. The van der Waals surface area contributed by atoms with Gasteiger partial charge in [-0.15, -0.1) is 16.8 Å². The maximum atomic E-state index is 6.06. The molecule has 0 amide bonds. The summed E-state index contributed by atoms with van der Waals surface area (Å²) in [4.78, 5) is 0. The van der Waals surface area contributed by atoms with Crippen LogP contribution in [0.2, 0.25) is 5.02 Å². The molecule has 1 aromatic heterocycles. The van der Waals surface area contributed by atoms with Crippen molar-refractivity contribution < 1.29 is 9.47 Å². The second-order valence-corrected chi connectivity index (χ2v) is 7.47. The zero-order valence-corrected chi connectivity index (χ0v) is 17.4. The van der Waals surface area contributed by atoms with Gasteiger partial charge in [0.05, 0.1) is 7.11 Å². The van der Waals surface area contributed by atoms with Crippen molar-refractivity contribution in [1.29, 1.82) is 0 Å². The average molecular weight is 416 g/mol. The summed E-state index contributed by atoms with van der Waals surface area (Å²) < 4.78 is 13.3. The molecule has 1 atom stereocenters. The topological polar surface area (TPSA) is 49.2 Å².